The van der Waals surface area contributed by atoms with E-state index < -0.39 is 52.9 Å². The molecule has 0 saturated carbocycles. The first kappa shape index (κ1) is 27.0. The number of alkyl halides is 4. The van der Waals surface area contributed by atoms with E-state index in [9.17, 15) is 27.2 Å². The summed E-state index contributed by atoms with van der Waals surface area (Å²) < 4.78 is 72.0. The summed E-state index contributed by atoms with van der Waals surface area (Å²) in [6.07, 6.45) is -4.06. The van der Waals surface area contributed by atoms with Crippen molar-refractivity contribution >= 4 is 23.1 Å². The van der Waals surface area contributed by atoms with Crippen LogP contribution in [0.4, 0.5) is 27.8 Å². The minimum absolute atomic E-state index is 0.0979. The molecule has 40 heavy (non-hydrogen) atoms. The molecular weight excluding hydrogens is 537 g/mol. The van der Waals surface area contributed by atoms with Crippen LogP contribution in [-0.2, 0) is 6.18 Å². The Kier molecular flexibility index (Phi) is 6.64. The van der Waals surface area contributed by atoms with Crippen LogP contribution in [0, 0.1) is 19.7 Å². The van der Waals surface area contributed by atoms with Crippen LogP contribution < -0.4 is 11.1 Å². The maximum atomic E-state index is 15.1. The van der Waals surface area contributed by atoms with Gasteiger partial charge in [0.2, 0.25) is 0 Å². The van der Waals surface area contributed by atoms with E-state index >= 15 is 4.39 Å². The van der Waals surface area contributed by atoms with Crippen molar-refractivity contribution in [3.05, 3.63) is 76.6 Å². The topological polar surface area (TPSA) is 119 Å². The number of pyridine rings is 1. The van der Waals surface area contributed by atoms with E-state index in [1.54, 1.807) is 19.1 Å². The maximum absolute atomic E-state index is 15.1. The number of carbonyl (C=O) groups is 2. The molecule has 9 nitrogen and oxygen atoms in total. The van der Waals surface area contributed by atoms with Crippen LogP contribution in [0.25, 0.3) is 16.8 Å². The predicted octanol–water partition coefficient (Wildman–Crippen LogP) is 3.74. The lowest BCUT2D eigenvalue weighted by molar-refractivity contribution is -0.136. The number of halogens is 5. The standard InChI is InChI=1S/C26H22F5N7O2/c1-12-3-4-33-19(5-12)25(40)37-9-18(28)20(10-37)36-24(39)14-7-15(17(27)6-13(14)2)21-8-16(26(29,30)31)22-23(32)34-11-35-38(21)22/h3-8,11,18,20H,9-10H2,1-2H3,(H,36,39)(H2,32,34,35)/t18-,20+/m0/s1. The number of amides is 2. The molecule has 1 aliphatic rings. The van der Waals surface area contributed by atoms with E-state index in [2.05, 4.69) is 20.4 Å². The second-order valence-corrected chi connectivity index (χ2v) is 9.52. The molecule has 208 valence electrons. The summed E-state index contributed by atoms with van der Waals surface area (Å²) >= 11 is 0. The number of aromatic nitrogens is 4. The lowest BCUT2D eigenvalue weighted by Gasteiger charge is -2.17. The number of aryl methyl sites for hydroxylation is 2. The first-order valence-corrected chi connectivity index (χ1v) is 12.0. The molecule has 1 aromatic carbocycles. The third kappa shape index (κ3) is 4.80. The average Bonchev–Trinajstić information content (AvgIpc) is 3.45. The van der Waals surface area contributed by atoms with Crippen LogP contribution in [-0.4, -0.2) is 61.6 Å². The summed E-state index contributed by atoms with van der Waals surface area (Å²) in [6, 6.07) is 4.94. The number of nitrogens with two attached hydrogens (primary N) is 1. The number of nitrogens with zero attached hydrogens (tertiary/aromatic N) is 5. The van der Waals surface area contributed by atoms with E-state index in [-0.39, 0.29) is 41.2 Å². The first-order valence-electron chi connectivity index (χ1n) is 12.0. The van der Waals surface area contributed by atoms with Gasteiger partial charge in [0.15, 0.2) is 5.82 Å². The third-order valence-electron chi connectivity index (χ3n) is 6.71. The number of hydrogen-bond acceptors (Lipinski definition) is 6. The Balaban J connectivity index is 1.44. The van der Waals surface area contributed by atoms with Gasteiger partial charge in [0.05, 0.1) is 23.8 Å². The molecular formula is C26H22F5N7O2. The minimum atomic E-state index is -4.85. The van der Waals surface area contributed by atoms with Gasteiger partial charge in [0.25, 0.3) is 11.8 Å². The van der Waals surface area contributed by atoms with Gasteiger partial charge in [0.1, 0.15) is 29.5 Å². The van der Waals surface area contributed by atoms with Crippen LogP contribution in [0.5, 0.6) is 0 Å². The van der Waals surface area contributed by atoms with Crippen LogP contribution in [0.3, 0.4) is 0 Å². The number of rotatable bonds is 4. The van der Waals surface area contributed by atoms with E-state index in [4.69, 9.17) is 5.73 Å². The fourth-order valence-corrected chi connectivity index (χ4v) is 4.72. The van der Waals surface area contributed by atoms with Gasteiger partial charge in [-0.2, -0.15) is 18.3 Å². The second-order valence-electron chi connectivity index (χ2n) is 9.52. The molecule has 2 atom stereocenters. The minimum Gasteiger partial charge on any atom is -0.382 e. The van der Waals surface area contributed by atoms with Crippen LogP contribution >= 0.6 is 0 Å². The van der Waals surface area contributed by atoms with Gasteiger partial charge in [0, 0.05) is 23.9 Å². The van der Waals surface area contributed by atoms with Crippen molar-refractivity contribution in [2.24, 2.45) is 0 Å². The number of hydrogen-bond donors (Lipinski definition) is 2. The fraction of sp³-hybridized carbons (Fsp3) is 0.269. The molecule has 0 radical (unpaired) electrons. The molecule has 4 aromatic rings. The van der Waals surface area contributed by atoms with Crippen molar-refractivity contribution in [1.29, 1.82) is 0 Å². The predicted molar refractivity (Wildman–Crippen MR) is 134 cm³/mol. The van der Waals surface area contributed by atoms with Gasteiger partial charge in [-0.3, -0.25) is 14.6 Å². The first-order chi connectivity index (χ1) is 18.8. The van der Waals surface area contributed by atoms with Crippen molar-refractivity contribution in [3.8, 4) is 11.3 Å². The molecule has 2 amide bonds. The molecule has 3 aromatic heterocycles. The second kappa shape index (κ2) is 9.84. The summed E-state index contributed by atoms with van der Waals surface area (Å²) in [5.41, 5.74) is 4.27. The van der Waals surface area contributed by atoms with Crippen molar-refractivity contribution in [3.63, 3.8) is 0 Å². The fourth-order valence-electron chi connectivity index (χ4n) is 4.72. The average molecular weight is 559 g/mol. The quantitative estimate of drug-likeness (QED) is 0.368. The summed E-state index contributed by atoms with van der Waals surface area (Å²) in [6.45, 7) is 2.80. The zero-order valence-electron chi connectivity index (χ0n) is 21.1. The van der Waals surface area contributed by atoms with Gasteiger partial charge in [-0.25, -0.2) is 18.3 Å². The summed E-state index contributed by atoms with van der Waals surface area (Å²) in [7, 11) is 0. The Bertz CT molecular complexity index is 1650. The van der Waals surface area contributed by atoms with E-state index in [0.29, 0.717) is 6.07 Å². The number of fused-ring (bicyclic) bond motifs is 1. The molecule has 14 heteroatoms. The van der Waals surface area contributed by atoms with Crippen molar-refractivity contribution in [2.75, 3.05) is 18.8 Å². The lowest BCUT2D eigenvalue weighted by atomic mass is 10.0. The van der Waals surface area contributed by atoms with Crippen molar-refractivity contribution in [2.45, 2.75) is 32.2 Å². The number of benzene rings is 1. The molecule has 0 aliphatic carbocycles. The van der Waals surface area contributed by atoms with Gasteiger partial charge < -0.3 is 16.0 Å². The van der Waals surface area contributed by atoms with Gasteiger partial charge in [-0.1, -0.05) is 0 Å². The third-order valence-corrected chi connectivity index (χ3v) is 6.71. The van der Waals surface area contributed by atoms with E-state index in [1.807, 2.05) is 0 Å². The number of nitrogen functional groups attached to an aromatic ring is 1. The highest BCUT2D eigenvalue weighted by molar-refractivity contribution is 5.98. The van der Waals surface area contributed by atoms with Crippen molar-refractivity contribution < 1.29 is 31.5 Å². The number of nitrogens with one attached hydrogen (secondary N) is 1. The van der Waals surface area contributed by atoms with Gasteiger partial charge in [-0.15, -0.1) is 0 Å². The molecule has 4 heterocycles. The molecule has 1 saturated heterocycles. The molecule has 0 unspecified atom stereocenters. The largest absolute Gasteiger partial charge is 0.418 e. The number of likely N-dealkylation sites (tertiary alicyclic amines) is 1. The molecule has 5 rings (SSSR count). The summed E-state index contributed by atoms with van der Waals surface area (Å²) in [5, 5.41) is 6.33. The van der Waals surface area contributed by atoms with Crippen LogP contribution in [0.2, 0.25) is 0 Å². The Labute approximate surface area is 223 Å². The molecule has 1 aliphatic heterocycles. The highest BCUT2D eigenvalue weighted by atomic mass is 19.4. The zero-order valence-corrected chi connectivity index (χ0v) is 21.1. The monoisotopic (exact) mass is 559 g/mol. The summed E-state index contributed by atoms with van der Waals surface area (Å²) in [5.74, 6) is -2.66. The molecule has 1 fully saturated rings. The maximum Gasteiger partial charge on any atom is 0.418 e. The van der Waals surface area contributed by atoms with Gasteiger partial charge >= 0.3 is 6.18 Å². The van der Waals surface area contributed by atoms with Crippen LogP contribution in [0.15, 0.2) is 42.9 Å². The Morgan fingerprint density at radius 1 is 1.10 bits per heavy atom. The molecule has 0 bridgehead atoms. The Morgan fingerprint density at radius 2 is 1.85 bits per heavy atom. The van der Waals surface area contributed by atoms with Crippen LogP contribution in [0.1, 0.15) is 37.5 Å². The summed E-state index contributed by atoms with van der Waals surface area (Å²) in [4.78, 5) is 34.8. The highest BCUT2D eigenvalue weighted by Gasteiger charge is 2.39. The van der Waals surface area contributed by atoms with Gasteiger partial charge in [-0.05, 0) is 55.3 Å². The Hall–Kier alpha value is -4.62. The van der Waals surface area contributed by atoms with E-state index in [0.717, 1.165) is 28.5 Å². The number of carbonyl (C=O) groups excluding carboxylic acids is 2. The zero-order chi connectivity index (χ0) is 28.9. The highest BCUT2D eigenvalue weighted by Crippen LogP contribution is 2.39. The molecule has 3 N–H and O–H groups in total. The number of anilines is 1. The van der Waals surface area contributed by atoms with Crippen molar-refractivity contribution in [1.82, 2.24) is 29.8 Å². The SMILES string of the molecule is Cc1ccnc(C(=O)N2C[C@H](F)[C@H](NC(=O)c3cc(-c4cc(C(F)(F)F)c5c(N)ncnn45)c(F)cc3C)C2)c1. The van der Waals surface area contributed by atoms with E-state index in [1.165, 1.54) is 18.0 Å². The molecule has 0 spiro atoms. The lowest BCUT2D eigenvalue weighted by Crippen LogP contribution is -2.42. The smallest absolute Gasteiger partial charge is 0.382 e. The Morgan fingerprint density at radius 3 is 2.55 bits per heavy atom. The normalized spacial score (nSPS) is 17.4.